The molecular weight excluding hydrogens is 372 g/mol. The van der Waals surface area contributed by atoms with Gasteiger partial charge in [0.05, 0.1) is 13.7 Å². The second-order valence-electron chi connectivity index (χ2n) is 8.64. The van der Waals surface area contributed by atoms with Gasteiger partial charge in [0.1, 0.15) is 5.75 Å². The molecular formula is C26H34N2O2. The molecule has 0 atom stereocenters. The van der Waals surface area contributed by atoms with Crippen LogP contribution in [0.25, 0.3) is 6.08 Å². The van der Waals surface area contributed by atoms with Crippen molar-refractivity contribution in [1.82, 2.24) is 9.88 Å². The SMILES string of the molecule is COc1ncccc1CN1CCC(C=Cc2ccccc2OCC2CCCC2)CC1. The predicted octanol–water partition coefficient (Wildman–Crippen LogP) is 5.58. The molecule has 1 saturated carbocycles. The van der Waals surface area contributed by atoms with Crippen molar-refractivity contribution in [2.75, 3.05) is 26.8 Å². The average Bonchev–Trinajstić information content (AvgIpc) is 3.32. The maximum atomic E-state index is 6.19. The van der Waals surface area contributed by atoms with Gasteiger partial charge in [-0.2, -0.15) is 0 Å². The third-order valence-electron chi connectivity index (χ3n) is 6.49. The Hall–Kier alpha value is -2.33. The van der Waals surface area contributed by atoms with E-state index in [0.29, 0.717) is 5.92 Å². The zero-order valence-electron chi connectivity index (χ0n) is 18.1. The molecule has 0 amide bonds. The van der Waals surface area contributed by atoms with Crippen LogP contribution in [0.4, 0.5) is 0 Å². The van der Waals surface area contributed by atoms with E-state index in [-0.39, 0.29) is 0 Å². The van der Waals surface area contributed by atoms with Crippen molar-refractivity contribution >= 4 is 6.08 Å². The summed E-state index contributed by atoms with van der Waals surface area (Å²) in [4.78, 5) is 6.82. The van der Waals surface area contributed by atoms with Crippen LogP contribution in [0.5, 0.6) is 11.6 Å². The first kappa shape index (κ1) is 20.9. The van der Waals surface area contributed by atoms with Crippen LogP contribution in [0.2, 0.25) is 0 Å². The molecule has 30 heavy (non-hydrogen) atoms. The number of rotatable bonds is 8. The van der Waals surface area contributed by atoms with Crippen LogP contribution >= 0.6 is 0 Å². The van der Waals surface area contributed by atoms with Crippen molar-refractivity contribution in [1.29, 1.82) is 0 Å². The van der Waals surface area contributed by atoms with E-state index in [9.17, 15) is 0 Å². The first-order valence-corrected chi connectivity index (χ1v) is 11.4. The number of hydrogen-bond donors (Lipinski definition) is 0. The highest BCUT2D eigenvalue weighted by Crippen LogP contribution is 2.28. The summed E-state index contributed by atoms with van der Waals surface area (Å²) in [6, 6.07) is 12.6. The van der Waals surface area contributed by atoms with Gasteiger partial charge in [0, 0.05) is 23.9 Å². The Morgan fingerprint density at radius 3 is 2.63 bits per heavy atom. The van der Waals surface area contributed by atoms with E-state index in [1.54, 1.807) is 13.3 Å². The number of piperidine rings is 1. The summed E-state index contributed by atoms with van der Waals surface area (Å²) >= 11 is 0. The summed E-state index contributed by atoms with van der Waals surface area (Å²) in [5.74, 6) is 3.14. The summed E-state index contributed by atoms with van der Waals surface area (Å²) < 4.78 is 11.6. The fourth-order valence-corrected chi connectivity index (χ4v) is 4.65. The van der Waals surface area contributed by atoms with Crippen LogP contribution in [0.1, 0.15) is 49.7 Å². The van der Waals surface area contributed by atoms with Crippen molar-refractivity contribution in [2.45, 2.75) is 45.1 Å². The van der Waals surface area contributed by atoms with Gasteiger partial charge in [0.2, 0.25) is 5.88 Å². The largest absolute Gasteiger partial charge is 0.493 e. The molecule has 0 radical (unpaired) electrons. The Bertz CT molecular complexity index is 821. The number of benzene rings is 1. The third-order valence-corrected chi connectivity index (χ3v) is 6.49. The van der Waals surface area contributed by atoms with Crippen LogP contribution in [0.3, 0.4) is 0 Å². The van der Waals surface area contributed by atoms with Gasteiger partial charge in [-0.1, -0.05) is 49.3 Å². The number of ether oxygens (including phenoxy) is 2. The molecule has 160 valence electrons. The molecule has 4 nitrogen and oxygen atoms in total. The molecule has 2 aliphatic rings. The third kappa shape index (κ3) is 5.63. The predicted molar refractivity (Wildman–Crippen MR) is 122 cm³/mol. The highest BCUT2D eigenvalue weighted by molar-refractivity contribution is 5.57. The van der Waals surface area contributed by atoms with Gasteiger partial charge in [0.25, 0.3) is 0 Å². The molecule has 1 aromatic heterocycles. The van der Waals surface area contributed by atoms with E-state index in [4.69, 9.17) is 9.47 Å². The van der Waals surface area contributed by atoms with Crippen molar-refractivity contribution in [3.05, 3.63) is 59.8 Å². The number of pyridine rings is 1. The van der Waals surface area contributed by atoms with Crippen LogP contribution in [-0.4, -0.2) is 36.7 Å². The first-order chi connectivity index (χ1) is 14.8. The minimum Gasteiger partial charge on any atom is -0.493 e. The minimum atomic E-state index is 0.625. The van der Waals surface area contributed by atoms with Crippen molar-refractivity contribution < 1.29 is 9.47 Å². The fraction of sp³-hybridized carbons (Fsp3) is 0.500. The Morgan fingerprint density at radius 2 is 1.83 bits per heavy atom. The van der Waals surface area contributed by atoms with E-state index >= 15 is 0 Å². The minimum absolute atomic E-state index is 0.625. The lowest BCUT2D eigenvalue weighted by Gasteiger charge is -2.30. The fourth-order valence-electron chi connectivity index (χ4n) is 4.65. The normalized spacial score (nSPS) is 18.8. The Morgan fingerprint density at radius 1 is 1.03 bits per heavy atom. The van der Waals surface area contributed by atoms with Crippen molar-refractivity contribution in [3.8, 4) is 11.6 Å². The molecule has 0 unspecified atom stereocenters. The standard InChI is InChI=1S/C26H34N2O2/c1-29-26-24(10-6-16-27-26)19-28-17-14-21(15-18-28)12-13-23-9-4-5-11-25(23)30-20-22-7-2-3-8-22/h4-6,9-13,16,21-22H,2-3,7-8,14-15,17-20H2,1H3. The average molecular weight is 407 g/mol. The zero-order valence-corrected chi connectivity index (χ0v) is 18.1. The molecule has 4 heteroatoms. The van der Waals surface area contributed by atoms with Crippen molar-refractivity contribution in [3.63, 3.8) is 0 Å². The molecule has 1 aromatic carbocycles. The Kier molecular flexibility index (Phi) is 7.41. The number of aromatic nitrogens is 1. The molecule has 4 rings (SSSR count). The van der Waals surface area contributed by atoms with Crippen LogP contribution in [-0.2, 0) is 6.54 Å². The van der Waals surface area contributed by atoms with E-state index in [2.05, 4.69) is 52.4 Å². The molecule has 0 spiro atoms. The lowest BCUT2D eigenvalue weighted by Crippen LogP contribution is -2.32. The lowest BCUT2D eigenvalue weighted by atomic mass is 9.95. The maximum Gasteiger partial charge on any atom is 0.217 e. The summed E-state index contributed by atoms with van der Waals surface area (Å²) in [5.41, 5.74) is 2.38. The van der Waals surface area contributed by atoms with Gasteiger partial charge >= 0.3 is 0 Å². The molecule has 1 saturated heterocycles. The topological polar surface area (TPSA) is 34.6 Å². The summed E-state index contributed by atoms with van der Waals surface area (Å²) in [5, 5.41) is 0. The quantitative estimate of drug-likeness (QED) is 0.573. The van der Waals surface area contributed by atoms with Crippen molar-refractivity contribution in [2.24, 2.45) is 11.8 Å². The maximum absolute atomic E-state index is 6.19. The molecule has 0 N–H and O–H groups in total. The smallest absolute Gasteiger partial charge is 0.217 e. The molecule has 1 aliphatic carbocycles. The number of methoxy groups -OCH3 is 1. The van der Waals surface area contributed by atoms with Crippen LogP contribution in [0, 0.1) is 11.8 Å². The highest BCUT2D eigenvalue weighted by atomic mass is 16.5. The molecule has 0 bridgehead atoms. The highest BCUT2D eigenvalue weighted by Gasteiger charge is 2.19. The number of hydrogen-bond acceptors (Lipinski definition) is 4. The molecule has 1 aliphatic heterocycles. The summed E-state index contributed by atoms with van der Waals surface area (Å²) in [7, 11) is 1.69. The summed E-state index contributed by atoms with van der Waals surface area (Å²) in [6.07, 6.45) is 14.2. The van der Waals surface area contributed by atoms with Gasteiger partial charge in [-0.25, -0.2) is 4.98 Å². The second-order valence-corrected chi connectivity index (χ2v) is 8.64. The number of para-hydroxylation sites is 1. The molecule has 2 fully saturated rings. The lowest BCUT2D eigenvalue weighted by molar-refractivity contribution is 0.193. The Balaban J connectivity index is 1.28. The van der Waals surface area contributed by atoms with E-state index in [0.717, 1.165) is 43.8 Å². The molecule has 2 heterocycles. The number of likely N-dealkylation sites (tertiary alicyclic amines) is 1. The zero-order chi connectivity index (χ0) is 20.6. The van der Waals surface area contributed by atoms with E-state index in [1.807, 2.05) is 6.07 Å². The number of allylic oxidation sites excluding steroid dienone is 1. The molecule has 2 aromatic rings. The Labute approximate surface area is 180 Å². The summed E-state index contributed by atoms with van der Waals surface area (Å²) in [6.45, 7) is 3.98. The van der Waals surface area contributed by atoms with E-state index in [1.165, 1.54) is 49.7 Å². The van der Waals surface area contributed by atoms with Crippen LogP contribution in [0.15, 0.2) is 48.7 Å². The van der Waals surface area contributed by atoms with Gasteiger partial charge in [0.15, 0.2) is 0 Å². The van der Waals surface area contributed by atoms with Gasteiger partial charge in [-0.05, 0) is 62.7 Å². The van der Waals surface area contributed by atoms with E-state index < -0.39 is 0 Å². The second kappa shape index (κ2) is 10.6. The monoisotopic (exact) mass is 406 g/mol. The van der Waals surface area contributed by atoms with Gasteiger partial charge in [-0.15, -0.1) is 0 Å². The van der Waals surface area contributed by atoms with Crippen LogP contribution < -0.4 is 9.47 Å². The van der Waals surface area contributed by atoms with Gasteiger partial charge in [-0.3, -0.25) is 4.90 Å². The first-order valence-electron chi connectivity index (χ1n) is 11.4. The number of nitrogens with zero attached hydrogens (tertiary/aromatic N) is 2. The van der Waals surface area contributed by atoms with Gasteiger partial charge < -0.3 is 9.47 Å².